The Morgan fingerprint density at radius 2 is 1.72 bits per heavy atom. The van der Waals surface area contributed by atoms with Crippen LogP contribution in [0.2, 0.25) is 10.0 Å². The van der Waals surface area contributed by atoms with E-state index in [4.69, 9.17) is 23.2 Å². The Bertz CT molecular complexity index is 1020. The highest BCUT2D eigenvalue weighted by Gasteiger charge is 2.36. The van der Waals surface area contributed by atoms with E-state index in [1.807, 2.05) is 6.07 Å². The van der Waals surface area contributed by atoms with Gasteiger partial charge in [-0.2, -0.15) is 5.01 Å². The quantitative estimate of drug-likeness (QED) is 0.740. The number of phenolic OH excluding ortho intramolecular Hbond substituents is 1. The van der Waals surface area contributed by atoms with Gasteiger partial charge in [-0.05, 0) is 24.3 Å². The van der Waals surface area contributed by atoms with Crippen molar-refractivity contribution in [2.45, 2.75) is 20.8 Å². The zero-order valence-electron chi connectivity index (χ0n) is 15.9. The number of carbonyl (C=O) groups is 2. The zero-order chi connectivity index (χ0) is 21.3. The van der Waals surface area contributed by atoms with E-state index in [1.165, 1.54) is 12.1 Å². The molecule has 9 heteroatoms. The van der Waals surface area contributed by atoms with Gasteiger partial charge in [-0.3, -0.25) is 9.59 Å². The normalized spacial score (nSPS) is 15.6. The lowest BCUT2D eigenvalue weighted by atomic mass is 9.95. The van der Waals surface area contributed by atoms with Crippen molar-refractivity contribution in [1.82, 2.24) is 5.32 Å². The van der Waals surface area contributed by atoms with Gasteiger partial charge in [0.1, 0.15) is 0 Å². The van der Waals surface area contributed by atoms with Crippen LogP contribution in [0.25, 0.3) is 0 Å². The van der Waals surface area contributed by atoms with Crippen LogP contribution in [0, 0.1) is 5.41 Å². The summed E-state index contributed by atoms with van der Waals surface area (Å²) in [5, 5.41) is 17.8. The largest absolute Gasteiger partial charge is 0.505 e. The number of halogens is 2. The Morgan fingerprint density at radius 3 is 2.28 bits per heavy atom. The van der Waals surface area contributed by atoms with Crippen LogP contribution in [0.1, 0.15) is 20.8 Å². The maximum Gasteiger partial charge on any atom is 0.301 e. The maximum absolute atomic E-state index is 13.0. The molecule has 2 N–H and O–H groups in total. The van der Waals surface area contributed by atoms with Crippen molar-refractivity contribution in [3.63, 3.8) is 0 Å². The summed E-state index contributed by atoms with van der Waals surface area (Å²) in [6.45, 7) is 5.22. The number of benzene rings is 2. The summed E-state index contributed by atoms with van der Waals surface area (Å²) < 4.78 is 0. The molecule has 0 aromatic heterocycles. The summed E-state index contributed by atoms with van der Waals surface area (Å²) in [7, 11) is 0. The summed E-state index contributed by atoms with van der Waals surface area (Å²) in [6.07, 6.45) is 0. The van der Waals surface area contributed by atoms with Gasteiger partial charge >= 0.3 is 5.91 Å². The van der Waals surface area contributed by atoms with E-state index in [1.54, 1.807) is 45.0 Å². The summed E-state index contributed by atoms with van der Waals surface area (Å²) in [6, 6.07) is 11.5. The first-order valence-corrected chi connectivity index (χ1v) is 9.40. The summed E-state index contributed by atoms with van der Waals surface area (Å²) in [5.74, 6) is -1.12. The van der Waals surface area contributed by atoms with E-state index in [2.05, 4.69) is 15.4 Å². The summed E-state index contributed by atoms with van der Waals surface area (Å²) >= 11 is 11.9. The number of nitrogens with one attached hydrogen (secondary N) is 1. The molecule has 1 aliphatic heterocycles. The van der Waals surface area contributed by atoms with Gasteiger partial charge in [0.2, 0.25) is 5.91 Å². The van der Waals surface area contributed by atoms with Gasteiger partial charge in [-0.15, -0.1) is 5.10 Å². The van der Waals surface area contributed by atoms with Crippen LogP contribution < -0.4 is 10.3 Å². The molecule has 2 aromatic rings. The SMILES string of the molecule is CC(C)(C)C(=O)NC1=NN(c2ccccc2)C(=O)C1=Nc1cc(Cl)c(O)c(Cl)c1. The van der Waals surface area contributed by atoms with Gasteiger partial charge in [0, 0.05) is 5.41 Å². The third-order valence-electron chi connectivity index (χ3n) is 3.98. The highest BCUT2D eigenvalue weighted by atomic mass is 35.5. The number of anilines is 1. The topological polar surface area (TPSA) is 94.4 Å². The molecular formula is C20H18Cl2N4O3. The van der Waals surface area contributed by atoms with Gasteiger partial charge in [0.05, 0.1) is 21.4 Å². The number of rotatable bonds is 2. The van der Waals surface area contributed by atoms with Crippen molar-refractivity contribution < 1.29 is 14.7 Å². The molecule has 29 heavy (non-hydrogen) atoms. The minimum Gasteiger partial charge on any atom is -0.505 e. The predicted octanol–water partition coefficient (Wildman–Crippen LogP) is 4.29. The molecule has 0 aliphatic carbocycles. The fourth-order valence-corrected chi connectivity index (χ4v) is 2.84. The lowest BCUT2D eigenvalue weighted by molar-refractivity contribution is -0.126. The molecule has 0 fully saturated rings. The van der Waals surface area contributed by atoms with Crippen LogP contribution in [0.5, 0.6) is 5.75 Å². The molecule has 150 valence electrons. The highest BCUT2D eigenvalue weighted by Crippen LogP contribution is 2.36. The monoisotopic (exact) mass is 432 g/mol. The number of phenols is 1. The molecule has 2 aromatic carbocycles. The fraction of sp³-hybridized carbons (Fsp3) is 0.200. The molecule has 0 radical (unpaired) electrons. The minimum atomic E-state index is -0.706. The van der Waals surface area contributed by atoms with E-state index < -0.39 is 11.3 Å². The molecule has 0 unspecified atom stereocenters. The molecule has 7 nitrogen and oxygen atoms in total. The first kappa shape index (κ1) is 20.8. The van der Waals surface area contributed by atoms with Crippen LogP contribution in [0.4, 0.5) is 11.4 Å². The number of carbonyl (C=O) groups excluding carboxylic acids is 2. The number of amidine groups is 1. The average molecular weight is 433 g/mol. The van der Waals surface area contributed by atoms with Crippen molar-refractivity contribution in [2.24, 2.45) is 15.5 Å². The van der Waals surface area contributed by atoms with E-state index in [0.717, 1.165) is 5.01 Å². The van der Waals surface area contributed by atoms with E-state index >= 15 is 0 Å². The zero-order valence-corrected chi connectivity index (χ0v) is 17.4. The molecule has 0 saturated carbocycles. The molecule has 2 amide bonds. The number of aromatic hydroxyl groups is 1. The fourth-order valence-electron chi connectivity index (χ4n) is 2.36. The highest BCUT2D eigenvalue weighted by molar-refractivity contribution is 6.72. The number of para-hydroxylation sites is 1. The molecule has 0 saturated heterocycles. The van der Waals surface area contributed by atoms with Crippen molar-refractivity contribution in [3.8, 4) is 5.75 Å². The number of hydrogen-bond acceptors (Lipinski definition) is 5. The Labute approximate surface area is 177 Å². The van der Waals surface area contributed by atoms with E-state index in [9.17, 15) is 14.7 Å². The number of hydrazone groups is 1. The van der Waals surface area contributed by atoms with E-state index in [0.29, 0.717) is 5.69 Å². The number of amides is 2. The molecule has 0 spiro atoms. The minimum absolute atomic E-state index is 0.0131. The van der Waals surface area contributed by atoms with Gasteiger partial charge in [-0.25, -0.2) is 4.99 Å². The molecule has 0 atom stereocenters. The molecular weight excluding hydrogens is 415 g/mol. The maximum atomic E-state index is 13.0. The number of aliphatic imine (C=N–C) groups is 1. The number of hydrogen-bond donors (Lipinski definition) is 2. The third kappa shape index (κ3) is 4.41. The number of nitrogens with zero attached hydrogens (tertiary/aromatic N) is 3. The van der Waals surface area contributed by atoms with Crippen LogP contribution in [-0.2, 0) is 9.59 Å². The third-order valence-corrected chi connectivity index (χ3v) is 4.55. The Hall–Kier alpha value is -2.90. The van der Waals surface area contributed by atoms with Gasteiger partial charge in [-0.1, -0.05) is 62.2 Å². The van der Waals surface area contributed by atoms with Crippen LogP contribution in [0.3, 0.4) is 0 Å². The average Bonchev–Trinajstić information content (AvgIpc) is 2.95. The lowest BCUT2D eigenvalue weighted by Gasteiger charge is -2.17. The van der Waals surface area contributed by atoms with Crippen molar-refractivity contribution in [3.05, 3.63) is 52.5 Å². The molecule has 0 bridgehead atoms. The lowest BCUT2D eigenvalue weighted by Crippen LogP contribution is -2.42. The van der Waals surface area contributed by atoms with Crippen LogP contribution in [-0.4, -0.2) is 28.5 Å². The second kappa shape index (κ2) is 7.85. The first-order valence-electron chi connectivity index (χ1n) is 8.64. The molecule has 3 rings (SSSR count). The predicted molar refractivity (Wildman–Crippen MR) is 114 cm³/mol. The Morgan fingerprint density at radius 1 is 1.14 bits per heavy atom. The van der Waals surface area contributed by atoms with Gasteiger partial charge in [0.25, 0.3) is 0 Å². The van der Waals surface area contributed by atoms with Crippen molar-refractivity contribution in [2.75, 3.05) is 5.01 Å². The second-order valence-corrected chi connectivity index (χ2v) is 8.14. The van der Waals surface area contributed by atoms with Crippen LogP contribution in [0.15, 0.2) is 52.6 Å². The van der Waals surface area contributed by atoms with Crippen LogP contribution >= 0.6 is 23.2 Å². The first-order chi connectivity index (χ1) is 13.6. The van der Waals surface area contributed by atoms with E-state index in [-0.39, 0.29) is 38.9 Å². The standard InChI is InChI=1S/C20H18Cl2N4O3/c1-20(2,3)19(29)24-17-15(23-11-9-13(21)16(27)14(22)10-11)18(28)26(25-17)12-7-5-4-6-8-12/h4-10,27H,1-3H3,(H,24,25,29). The van der Waals surface area contributed by atoms with Gasteiger partial charge < -0.3 is 10.4 Å². The smallest absolute Gasteiger partial charge is 0.301 e. The van der Waals surface area contributed by atoms with Crippen molar-refractivity contribution >= 4 is 57.9 Å². The summed E-state index contributed by atoms with van der Waals surface area (Å²) in [5.41, 5.74) is -0.0350. The molecule has 1 heterocycles. The van der Waals surface area contributed by atoms with Crippen molar-refractivity contribution in [1.29, 1.82) is 0 Å². The second-order valence-electron chi connectivity index (χ2n) is 7.32. The summed E-state index contributed by atoms with van der Waals surface area (Å²) in [4.78, 5) is 29.8. The Balaban J connectivity index is 2.06. The molecule has 1 aliphatic rings. The Kier molecular flexibility index (Phi) is 5.64. The van der Waals surface area contributed by atoms with Gasteiger partial charge in [0.15, 0.2) is 17.3 Å².